The third kappa shape index (κ3) is 4.46. The minimum absolute atomic E-state index is 0.0860. The Kier molecular flexibility index (Phi) is 4.69. The number of ether oxygens (including phenoxy) is 1. The molecule has 0 heterocycles. The summed E-state index contributed by atoms with van der Waals surface area (Å²) >= 11 is 0. The monoisotopic (exact) mass is 249 g/mol. The molecule has 0 aromatic rings. The molecule has 7 heteroatoms. The molecule has 0 aromatic carbocycles. The first-order chi connectivity index (χ1) is 7.46. The molecule has 0 radical (unpaired) electrons. The van der Waals surface area contributed by atoms with Gasteiger partial charge in [0, 0.05) is 6.61 Å². The van der Waals surface area contributed by atoms with Gasteiger partial charge in [-0.05, 0) is 25.7 Å². The number of nitrogens with one attached hydrogen (secondary N) is 2. The molecule has 0 bridgehead atoms. The van der Waals surface area contributed by atoms with Gasteiger partial charge >= 0.3 is 0 Å². The third-order valence-corrected chi connectivity index (χ3v) is 3.75. The predicted octanol–water partition coefficient (Wildman–Crippen LogP) is -0.343. The lowest BCUT2D eigenvalue weighted by Crippen LogP contribution is -2.46. The van der Waals surface area contributed by atoms with Crippen LogP contribution in [0.1, 0.15) is 19.8 Å². The summed E-state index contributed by atoms with van der Waals surface area (Å²) in [5.74, 6) is -0.000923. The quantitative estimate of drug-likeness (QED) is 0.311. The first kappa shape index (κ1) is 13.4. The van der Waals surface area contributed by atoms with Crippen molar-refractivity contribution in [3.63, 3.8) is 0 Å². The first-order valence-corrected chi connectivity index (χ1v) is 7.03. The molecule has 0 amide bonds. The zero-order valence-electron chi connectivity index (χ0n) is 9.40. The lowest BCUT2D eigenvalue weighted by atomic mass is 10.2. The average molecular weight is 249 g/mol. The van der Waals surface area contributed by atoms with Crippen LogP contribution < -0.4 is 10.5 Å². The Morgan fingerprint density at radius 3 is 2.69 bits per heavy atom. The Bertz CT molecular complexity index is 338. The van der Waals surface area contributed by atoms with Gasteiger partial charge in [-0.1, -0.05) is 0 Å². The average Bonchev–Trinajstić information content (AvgIpc) is 2.97. The number of amidine groups is 1. The highest BCUT2D eigenvalue weighted by Crippen LogP contribution is 2.32. The number of rotatable bonds is 8. The van der Waals surface area contributed by atoms with Gasteiger partial charge in [0.25, 0.3) is 0 Å². The van der Waals surface area contributed by atoms with E-state index < -0.39 is 16.1 Å². The van der Waals surface area contributed by atoms with E-state index in [2.05, 4.69) is 4.72 Å². The maximum Gasteiger partial charge on any atom is 0.214 e. The fraction of sp³-hybridized carbons (Fsp3) is 0.889. The van der Waals surface area contributed by atoms with Crippen molar-refractivity contribution < 1.29 is 13.2 Å². The highest BCUT2D eigenvalue weighted by molar-refractivity contribution is 7.89. The molecular weight excluding hydrogens is 230 g/mol. The summed E-state index contributed by atoms with van der Waals surface area (Å²) in [7, 11) is -3.40. The third-order valence-electron chi connectivity index (χ3n) is 2.44. The Balaban J connectivity index is 2.46. The van der Waals surface area contributed by atoms with Gasteiger partial charge in [-0.2, -0.15) is 0 Å². The minimum Gasteiger partial charge on any atom is -0.386 e. The van der Waals surface area contributed by atoms with E-state index in [0.717, 1.165) is 12.8 Å². The molecule has 1 aliphatic rings. The largest absolute Gasteiger partial charge is 0.386 e. The van der Waals surface area contributed by atoms with Crippen LogP contribution in [0.2, 0.25) is 0 Å². The number of hydrogen-bond donors (Lipinski definition) is 3. The minimum atomic E-state index is -3.40. The molecule has 94 valence electrons. The summed E-state index contributed by atoms with van der Waals surface area (Å²) in [5, 5.41) is 7.33. The Hall–Kier alpha value is -0.660. The number of nitrogens with two attached hydrogens (primary N) is 1. The molecule has 1 aliphatic carbocycles. The van der Waals surface area contributed by atoms with E-state index in [1.165, 1.54) is 0 Å². The van der Waals surface area contributed by atoms with Gasteiger partial charge in [0.15, 0.2) is 0 Å². The van der Waals surface area contributed by atoms with E-state index in [1.54, 1.807) is 0 Å². The van der Waals surface area contributed by atoms with Crippen LogP contribution in [0.3, 0.4) is 0 Å². The molecule has 0 saturated heterocycles. The molecule has 0 aromatic heterocycles. The van der Waals surface area contributed by atoms with E-state index in [0.29, 0.717) is 6.61 Å². The van der Waals surface area contributed by atoms with Crippen LogP contribution in [0, 0.1) is 11.3 Å². The van der Waals surface area contributed by atoms with Crippen LogP contribution in [0.4, 0.5) is 0 Å². The van der Waals surface area contributed by atoms with Gasteiger partial charge in [-0.25, -0.2) is 13.1 Å². The molecule has 4 N–H and O–H groups in total. The zero-order chi connectivity index (χ0) is 12.2. The van der Waals surface area contributed by atoms with Crippen molar-refractivity contribution >= 4 is 15.9 Å². The predicted molar refractivity (Wildman–Crippen MR) is 61.8 cm³/mol. The van der Waals surface area contributed by atoms with Gasteiger partial charge in [-0.3, -0.25) is 5.41 Å². The molecule has 1 unspecified atom stereocenters. The van der Waals surface area contributed by atoms with E-state index in [1.807, 2.05) is 6.92 Å². The smallest absolute Gasteiger partial charge is 0.214 e. The first-order valence-electron chi connectivity index (χ1n) is 5.38. The Labute approximate surface area is 96.1 Å². The Morgan fingerprint density at radius 1 is 1.62 bits per heavy atom. The van der Waals surface area contributed by atoms with Gasteiger partial charge in [-0.15, -0.1) is 0 Å². The summed E-state index contributed by atoms with van der Waals surface area (Å²) in [5.41, 5.74) is 5.36. The van der Waals surface area contributed by atoms with Crippen LogP contribution in [0.15, 0.2) is 0 Å². The maximum absolute atomic E-state index is 11.6. The second-order valence-electron chi connectivity index (χ2n) is 3.90. The van der Waals surface area contributed by atoms with Crippen LogP contribution in [0.5, 0.6) is 0 Å². The van der Waals surface area contributed by atoms with Gasteiger partial charge in [0.1, 0.15) is 5.84 Å². The summed E-state index contributed by atoms with van der Waals surface area (Å²) in [6.07, 6.45) is 1.86. The van der Waals surface area contributed by atoms with Crippen molar-refractivity contribution in [2.45, 2.75) is 25.8 Å². The van der Waals surface area contributed by atoms with E-state index in [-0.39, 0.29) is 24.1 Å². The summed E-state index contributed by atoms with van der Waals surface area (Å²) in [6.45, 7) is 2.47. The molecule has 0 spiro atoms. The SMILES string of the molecule is CCOCCS(=O)(=O)NC(C(=N)N)C1CC1. The van der Waals surface area contributed by atoms with Crippen LogP contribution in [-0.4, -0.2) is 39.3 Å². The van der Waals surface area contributed by atoms with Gasteiger partial charge in [0.05, 0.1) is 18.4 Å². The Morgan fingerprint density at radius 2 is 2.25 bits per heavy atom. The van der Waals surface area contributed by atoms with Gasteiger partial charge < -0.3 is 10.5 Å². The molecular formula is C9H19N3O3S. The standard InChI is InChI=1S/C9H19N3O3S/c1-2-15-5-6-16(13,14)12-8(9(10)11)7-3-4-7/h7-8,12H,2-6H2,1H3,(H3,10,11). The zero-order valence-corrected chi connectivity index (χ0v) is 10.2. The van der Waals surface area contributed by atoms with E-state index in [4.69, 9.17) is 15.9 Å². The molecule has 6 nitrogen and oxygen atoms in total. The number of hydrogen-bond acceptors (Lipinski definition) is 4. The molecule has 16 heavy (non-hydrogen) atoms. The van der Waals surface area contributed by atoms with Crippen molar-refractivity contribution in [3.8, 4) is 0 Å². The molecule has 1 saturated carbocycles. The topological polar surface area (TPSA) is 105 Å². The second-order valence-corrected chi connectivity index (χ2v) is 5.78. The van der Waals surface area contributed by atoms with Crippen molar-refractivity contribution in [1.29, 1.82) is 5.41 Å². The van der Waals surface area contributed by atoms with E-state index >= 15 is 0 Å². The maximum atomic E-state index is 11.6. The van der Waals surface area contributed by atoms with E-state index in [9.17, 15) is 8.42 Å². The van der Waals surface area contributed by atoms with Crippen molar-refractivity contribution in [3.05, 3.63) is 0 Å². The lowest BCUT2D eigenvalue weighted by molar-refractivity contribution is 0.163. The van der Waals surface area contributed by atoms with Crippen LogP contribution in [0.25, 0.3) is 0 Å². The molecule has 1 atom stereocenters. The fourth-order valence-corrected chi connectivity index (χ4v) is 2.57. The molecule has 0 aliphatic heterocycles. The van der Waals surface area contributed by atoms with Crippen molar-refractivity contribution in [1.82, 2.24) is 4.72 Å². The normalized spacial score (nSPS) is 18.3. The lowest BCUT2D eigenvalue weighted by Gasteiger charge is -2.16. The van der Waals surface area contributed by atoms with Crippen molar-refractivity contribution in [2.75, 3.05) is 19.0 Å². The van der Waals surface area contributed by atoms with Gasteiger partial charge in [0.2, 0.25) is 10.0 Å². The highest BCUT2D eigenvalue weighted by atomic mass is 32.2. The molecule has 1 rings (SSSR count). The summed E-state index contributed by atoms with van der Waals surface area (Å²) < 4.78 is 30.7. The molecule has 1 fully saturated rings. The fourth-order valence-electron chi connectivity index (χ4n) is 1.41. The van der Waals surface area contributed by atoms with Crippen LogP contribution >= 0.6 is 0 Å². The number of sulfonamides is 1. The summed E-state index contributed by atoms with van der Waals surface area (Å²) in [6, 6.07) is -0.536. The van der Waals surface area contributed by atoms with Crippen LogP contribution in [-0.2, 0) is 14.8 Å². The summed E-state index contributed by atoms with van der Waals surface area (Å²) in [4.78, 5) is 0. The highest BCUT2D eigenvalue weighted by Gasteiger charge is 2.35. The second kappa shape index (κ2) is 5.60. The van der Waals surface area contributed by atoms with Crippen molar-refractivity contribution in [2.24, 2.45) is 11.7 Å².